The Bertz CT molecular complexity index is 3170. The van der Waals surface area contributed by atoms with Crippen LogP contribution in [-0.4, -0.2) is 9.97 Å². The van der Waals surface area contributed by atoms with Crippen molar-refractivity contribution in [1.29, 1.82) is 0 Å². The van der Waals surface area contributed by atoms with Gasteiger partial charge in [0, 0.05) is 26.5 Å². The molecule has 0 saturated heterocycles. The van der Waals surface area contributed by atoms with Crippen molar-refractivity contribution in [3.8, 4) is 78.4 Å². The zero-order chi connectivity index (χ0) is 41.0. The summed E-state index contributed by atoms with van der Waals surface area (Å²) in [5, 5.41) is 0. The first kappa shape index (κ1) is 36.3. The molecule has 0 radical (unpaired) electrons. The summed E-state index contributed by atoms with van der Waals surface area (Å²) in [6.07, 6.45) is 0. The Labute approximate surface area is 366 Å². The smallest absolute Gasteiger partial charge is 0.160 e. The quantitative estimate of drug-likeness (QED) is 0.167. The molecule has 2 nitrogen and oxygen atoms in total. The fourth-order valence-electron chi connectivity index (χ4n) is 9.70. The van der Waals surface area contributed by atoms with E-state index in [0.717, 1.165) is 44.8 Å². The van der Waals surface area contributed by atoms with E-state index in [0.29, 0.717) is 5.82 Å². The highest BCUT2D eigenvalue weighted by Crippen LogP contribution is 2.62. The number of fused-ring (bicyclic) bond motifs is 9. The lowest BCUT2D eigenvalue weighted by atomic mass is 9.67. The van der Waals surface area contributed by atoms with E-state index in [-0.39, 0.29) is 0 Å². The molecule has 1 aliphatic heterocycles. The fraction of sp³-hybridized carbons (Fsp3) is 0.0169. The molecular formula is C59H38N2S. The van der Waals surface area contributed by atoms with Gasteiger partial charge in [0.25, 0.3) is 0 Å². The highest BCUT2D eigenvalue weighted by Gasteiger charge is 2.50. The monoisotopic (exact) mass is 806 g/mol. The maximum absolute atomic E-state index is 5.27. The Hall–Kier alpha value is -7.59. The van der Waals surface area contributed by atoms with Gasteiger partial charge in [-0.05, 0) is 103 Å². The van der Waals surface area contributed by atoms with E-state index in [4.69, 9.17) is 9.97 Å². The summed E-state index contributed by atoms with van der Waals surface area (Å²) in [6, 6.07) is 83.3. The summed E-state index contributed by atoms with van der Waals surface area (Å²) >= 11 is 1.88. The van der Waals surface area contributed by atoms with E-state index in [1.165, 1.54) is 59.9 Å². The summed E-state index contributed by atoms with van der Waals surface area (Å²) in [5.74, 6) is 0.691. The fourth-order valence-corrected chi connectivity index (χ4v) is 10.9. The van der Waals surface area contributed by atoms with E-state index in [1.807, 2.05) is 11.8 Å². The second kappa shape index (κ2) is 14.8. The zero-order valence-corrected chi connectivity index (χ0v) is 34.6. The Morgan fingerprint density at radius 2 is 0.694 bits per heavy atom. The summed E-state index contributed by atoms with van der Waals surface area (Å²) in [5.41, 5.74) is 19.4. The largest absolute Gasteiger partial charge is 0.228 e. The predicted molar refractivity (Wildman–Crippen MR) is 256 cm³/mol. The molecule has 290 valence electrons. The maximum Gasteiger partial charge on any atom is 0.160 e. The minimum Gasteiger partial charge on any atom is -0.228 e. The maximum atomic E-state index is 5.27. The van der Waals surface area contributed by atoms with Gasteiger partial charge < -0.3 is 0 Å². The van der Waals surface area contributed by atoms with Crippen molar-refractivity contribution in [2.75, 3.05) is 0 Å². The van der Waals surface area contributed by atoms with Crippen molar-refractivity contribution in [1.82, 2.24) is 9.97 Å². The van der Waals surface area contributed by atoms with Crippen molar-refractivity contribution >= 4 is 11.8 Å². The van der Waals surface area contributed by atoms with Crippen molar-refractivity contribution < 1.29 is 0 Å². The van der Waals surface area contributed by atoms with Gasteiger partial charge in [-0.15, -0.1) is 0 Å². The number of hydrogen-bond acceptors (Lipinski definition) is 3. The number of rotatable bonds is 6. The van der Waals surface area contributed by atoms with Crippen LogP contribution in [0, 0.1) is 0 Å². The summed E-state index contributed by atoms with van der Waals surface area (Å²) in [6.45, 7) is 0. The summed E-state index contributed by atoms with van der Waals surface area (Å²) < 4.78 is 0. The lowest BCUT2D eigenvalue weighted by Crippen LogP contribution is -2.32. The Morgan fingerprint density at radius 1 is 0.274 bits per heavy atom. The molecule has 62 heavy (non-hydrogen) atoms. The molecule has 0 amide bonds. The van der Waals surface area contributed by atoms with Gasteiger partial charge in [0.1, 0.15) is 0 Å². The van der Waals surface area contributed by atoms with Crippen LogP contribution < -0.4 is 0 Å². The Morgan fingerprint density at radius 3 is 1.29 bits per heavy atom. The molecule has 9 aromatic carbocycles. The van der Waals surface area contributed by atoms with Crippen LogP contribution in [0.5, 0.6) is 0 Å². The Balaban J connectivity index is 0.972. The summed E-state index contributed by atoms with van der Waals surface area (Å²) in [7, 11) is 0. The molecule has 0 unspecified atom stereocenters. The predicted octanol–water partition coefficient (Wildman–Crippen LogP) is 15.3. The van der Waals surface area contributed by atoms with Crippen LogP contribution in [0.15, 0.2) is 240 Å². The number of aromatic nitrogens is 2. The summed E-state index contributed by atoms with van der Waals surface area (Å²) in [4.78, 5) is 13.1. The number of hydrogen-bond donors (Lipinski definition) is 0. The van der Waals surface area contributed by atoms with Crippen LogP contribution in [0.4, 0.5) is 0 Å². The third kappa shape index (κ3) is 5.96. The zero-order valence-electron chi connectivity index (χ0n) is 33.7. The van der Waals surface area contributed by atoms with Crippen LogP contribution in [0.25, 0.3) is 78.4 Å². The first-order valence-electron chi connectivity index (χ1n) is 21.1. The van der Waals surface area contributed by atoms with Gasteiger partial charge in [0.2, 0.25) is 0 Å². The van der Waals surface area contributed by atoms with Gasteiger partial charge in [0.05, 0.1) is 16.8 Å². The van der Waals surface area contributed by atoms with Crippen molar-refractivity contribution in [3.63, 3.8) is 0 Å². The van der Waals surface area contributed by atoms with Gasteiger partial charge in [-0.25, -0.2) is 9.97 Å². The minimum absolute atomic E-state index is 0.416. The Kier molecular flexibility index (Phi) is 8.69. The SMILES string of the molecule is c1ccc(-c2cccc(-c3cc(-c4cccc(-c5ccccc5)c4)nc(-c4ccc(-c5ccc6c(c5)C5(c7ccccc7S6)c6ccccc6-c6ccccc65)cc4)n3)c2)cc1. The molecule has 2 aliphatic rings. The van der Waals surface area contributed by atoms with Crippen LogP contribution in [0.2, 0.25) is 0 Å². The van der Waals surface area contributed by atoms with E-state index in [1.54, 1.807) is 0 Å². The van der Waals surface area contributed by atoms with Crippen molar-refractivity contribution in [3.05, 3.63) is 253 Å². The lowest BCUT2D eigenvalue weighted by Gasteiger charge is -2.40. The third-order valence-corrected chi connectivity index (χ3v) is 13.7. The third-order valence-electron chi connectivity index (χ3n) is 12.6. The van der Waals surface area contributed by atoms with Gasteiger partial charge in [0.15, 0.2) is 5.82 Å². The molecule has 1 aliphatic carbocycles. The molecule has 3 heteroatoms. The highest BCUT2D eigenvalue weighted by molar-refractivity contribution is 7.99. The van der Waals surface area contributed by atoms with E-state index in [9.17, 15) is 0 Å². The highest BCUT2D eigenvalue weighted by atomic mass is 32.2. The van der Waals surface area contributed by atoms with Gasteiger partial charge in [-0.2, -0.15) is 0 Å². The average Bonchev–Trinajstić information content (AvgIpc) is 3.65. The van der Waals surface area contributed by atoms with Crippen LogP contribution in [0.3, 0.4) is 0 Å². The van der Waals surface area contributed by atoms with Gasteiger partial charge in [-0.1, -0.05) is 206 Å². The topological polar surface area (TPSA) is 25.8 Å². The molecular weight excluding hydrogens is 769 g/mol. The molecule has 10 aromatic rings. The van der Waals surface area contributed by atoms with Crippen molar-refractivity contribution in [2.45, 2.75) is 15.2 Å². The molecule has 1 aromatic heterocycles. The molecule has 2 heterocycles. The number of benzene rings is 9. The molecule has 0 saturated carbocycles. The standard InChI is InChI=1S/C59H38N2S/c1-3-15-39(16-4-1)43-19-13-21-46(35-43)54-38-55(47-22-14-20-44(36-47)40-17-5-2-6-18-40)61-58(60-54)42-31-29-41(30-32-42)45-33-34-57-53(37-45)59(52-27-11-12-28-56(52)62-57)50-25-9-7-23-48(50)49-24-8-10-26-51(49)59/h1-38H. The van der Waals surface area contributed by atoms with Gasteiger partial charge in [-0.3, -0.25) is 0 Å². The minimum atomic E-state index is -0.416. The average molecular weight is 807 g/mol. The van der Waals surface area contributed by atoms with E-state index in [2.05, 4.69) is 231 Å². The van der Waals surface area contributed by atoms with E-state index >= 15 is 0 Å². The van der Waals surface area contributed by atoms with Crippen molar-refractivity contribution in [2.24, 2.45) is 0 Å². The number of nitrogens with zero attached hydrogens (tertiary/aromatic N) is 2. The van der Waals surface area contributed by atoms with Gasteiger partial charge >= 0.3 is 0 Å². The molecule has 12 rings (SSSR count). The molecule has 0 fully saturated rings. The molecule has 0 atom stereocenters. The second-order valence-corrected chi connectivity index (χ2v) is 17.2. The first-order valence-corrected chi connectivity index (χ1v) is 22.0. The van der Waals surface area contributed by atoms with Crippen LogP contribution in [-0.2, 0) is 5.41 Å². The molecule has 0 N–H and O–H groups in total. The first-order chi connectivity index (χ1) is 30.7. The molecule has 1 spiro atoms. The normalized spacial score (nSPS) is 12.9. The van der Waals surface area contributed by atoms with Crippen LogP contribution >= 0.6 is 11.8 Å². The molecule has 0 bridgehead atoms. The second-order valence-electron chi connectivity index (χ2n) is 16.1. The van der Waals surface area contributed by atoms with Crippen LogP contribution in [0.1, 0.15) is 22.3 Å². The lowest BCUT2D eigenvalue weighted by molar-refractivity contribution is 0.723. The van der Waals surface area contributed by atoms with E-state index < -0.39 is 5.41 Å².